The van der Waals surface area contributed by atoms with Crippen molar-refractivity contribution in [1.82, 2.24) is 0 Å². The van der Waals surface area contributed by atoms with Crippen LogP contribution in [-0.2, 0) is 0 Å². The molecule has 2 heteroatoms. The lowest BCUT2D eigenvalue weighted by Crippen LogP contribution is -2.17. The van der Waals surface area contributed by atoms with Crippen molar-refractivity contribution in [2.45, 2.75) is 37.5 Å². The van der Waals surface area contributed by atoms with Crippen LogP contribution in [0.25, 0.3) is 0 Å². The van der Waals surface area contributed by atoms with Gasteiger partial charge in [-0.05, 0) is 5.41 Å². The Hall–Kier alpha value is 0.700. The first-order valence-corrected chi connectivity index (χ1v) is 5.76. The van der Waals surface area contributed by atoms with E-state index in [-0.39, 0.29) is 0 Å². The van der Waals surface area contributed by atoms with Crippen LogP contribution in [0, 0.1) is 5.41 Å². The fourth-order valence-corrected chi connectivity index (χ4v) is 4.41. The number of rotatable bonds is 0. The Bertz CT molecular complexity index is 115. The zero-order valence-electron chi connectivity index (χ0n) is 7.18. The van der Waals surface area contributed by atoms with Crippen molar-refractivity contribution >= 4 is 23.5 Å². The molecular weight excluding hydrogens is 160 g/mol. The molecule has 1 heterocycles. The number of thioether (sulfide) groups is 2. The van der Waals surface area contributed by atoms with Crippen molar-refractivity contribution in [3.05, 3.63) is 0 Å². The highest BCUT2D eigenvalue weighted by molar-refractivity contribution is 8.20. The summed E-state index contributed by atoms with van der Waals surface area (Å²) in [5.41, 5.74) is 0.486. The molecule has 0 aromatic carbocycles. The standard InChI is InChI=1S/C8H16S2/c1-6-5-9-7(10-6)8(2,3)4/h6-7H,5H2,1-4H3/t6-,7-/m1/s1. The van der Waals surface area contributed by atoms with Gasteiger partial charge < -0.3 is 0 Å². The van der Waals surface area contributed by atoms with Crippen molar-refractivity contribution in [2.75, 3.05) is 5.75 Å². The summed E-state index contributed by atoms with van der Waals surface area (Å²) in [6.45, 7) is 9.31. The van der Waals surface area contributed by atoms with Gasteiger partial charge in [0.05, 0.1) is 4.58 Å². The minimum atomic E-state index is 0.486. The molecule has 1 fully saturated rings. The summed E-state index contributed by atoms with van der Waals surface area (Å²) < 4.78 is 0.822. The van der Waals surface area contributed by atoms with Gasteiger partial charge in [0.1, 0.15) is 0 Å². The fourth-order valence-electron chi connectivity index (χ4n) is 0.967. The highest BCUT2D eigenvalue weighted by Crippen LogP contribution is 2.46. The summed E-state index contributed by atoms with van der Waals surface area (Å²) in [5, 5.41) is 0.870. The van der Waals surface area contributed by atoms with Crippen molar-refractivity contribution in [3.63, 3.8) is 0 Å². The summed E-state index contributed by atoms with van der Waals surface area (Å²) in [4.78, 5) is 0. The van der Waals surface area contributed by atoms with Crippen molar-refractivity contribution in [3.8, 4) is 0 Å². The molecule has 0 radical (unpaired) electrons. The quantitative estimate of drug-likeness (QED) is 0.556. The van der Waals surface area contributed by atoms with Crippen LogP contribution in [0.4, 0.5) is 0 Å². The average molecular weight is 176 g/mol. The van der Waals surface area contributed by atoms with E-state index in [1.54, 1.807) is 0 Å². The Kier molecular flexibility index (Phi) is 2.62. The lowest BCUT2D eigenvalue weighted by Gasteiger charge is -2.24. The Labute approximate surface area is 72.5 Å². The average Bonchev–Trinajstić information content (AvgIpc) is 2.11. The summed E-state index contributed by atoms with van der Waals surface area (Å²) >= 11 is 4.26. The predicted molar refractivity (Wildman–Crippen MR) is 52.8 cm³/mol. The molecule has 0 nitrogen and oxygen atoms in total. The maximum Gasteiger partial charge on any atom is 0.0554 e. The molecule has 0 aliphatic carbocycles. The molecule has 1 rings (SSSR count). The Balaban J connectivity index is 2.45. The maximum absolute atomic E-state index is 2.33. The molecule has 10 heavy (non-hydrogen) atoms. The molecule has 2 atom stereocenters. The van der Waals surface area contributed by atoms with Gasteiger partial charge in [0.25, 0.3) is 0 Å². The summed E-state index contributed by atoms with van der Waals surface area (Å²) in [5.74, 6) is 1.34. The van der Waals surface area contributed by atoms with Crippen molar-refractivity contribution < 1.29 is 0 Å². The van der Waals surface area contributed by atoms with Crippen LogP contribution in [0.15, 0.2) is 0 Å². The SMILES string of the molecule is C[C@@H]1CS[C@@H](C(C)(C)C)S1. The van der Waals surface area contributed by atoms with Gasteiger partial charge in [0.15, 0.2) is 0 Å². The smallest absolute Gasteiger partial charge is 0.0554 e. The lowest BCUT2D eigenvalue weighted by molar-refractivity contribution is 0.461. The van der Waals surface area contributed by atoms with Crippen molar-refractivity contribution in [1.29, 1.82) is 0 Å². The summed E-state index contributed by atoms with van der Waals surface area (Å²) in [6, 6.07) is 0. The first-order valence-electron chi connectivity index (χ1n) is 3.77. The molecule has 0 N–H and O–H groups in total. The highest BCUT2D eigenvalue weighted by Gasteiger charge is 2.32. The zero-order chi connectivity index (χ0) is 7.78. The van der Waals surface area contributed by atoms with Crippen LogP contribution in [-0.4, -0.2) is 15.6 Å². The number of hydrogen-bond donors (Lipinski definition) is 0. The Morgan fingerprint density at radius 3 is 2.10 bits per heavy atom. The van der Waals surface area contributed by atoms with E-state index in [1.165, 1.54) is 5.75 Å². The molecule has 1 aliphatic heterocycles. The topological polar surface area (TPSA) is 0 Å². The van der Waals surface area contributed by atoms with E-state index < -0.39 is 0 Å². The molecule has 1 saturated heterocycles. The van der Waals surface area contributed by atoms with Crippen LogP contribution >= 0.6 is 23.5 Å². The molecule has 0 aromatic rings. The number of hydrogen-bond acceptors (Lipinski definition) is 2. The molecule has 0 amide bonds. The fraction of sp³-hybridized carbons (Fsp3) is 1.00. The maximum atomic E-state index is 2.33. The second kappa shape index (κ2) is 2.98. The highest BCUT2D eigenvalue weighted by atomic mass is 32.2. The second-order valence-electron chi connectivity index (χ2n) is 3.98. The second-order valence-corrected chi connectivity index (χ2v) is 6.96. The molecule has 0 bridgehead atoms. The van der Waals surface area contributed by atoms with E-state index in [0.29, 0.717) is 5.41 Å². The minimum Gasteiger partial charge on any atom is -0.146 e. The van der Waals surface area contributed by atoms with Crippen LogP contribution < -0.4 is 0 Å². The van der Waals surface area contributed by atoms with Gasteiger partial charge in [0.2, 0.25) is 0 Å². The third-order valence-corrected chi connectivity index (χ3v) is 5.79. The van der Waals surface area contributed by atoms with Crippen molar-refractivity contribution in [2.24, 2.45) is 5.41 Å². The molecular formula is C8H16S2. The van der Waals surface area contributed by atoms with Gasteiger partial charge in [-0.3, -0.25) is 0 Å². The van der Waals surface area contributed by atoms with Gasteiger partial charge in [-0.15, -0.1) is 23.5 Å². The normalized spacial score (nSPS) is 34.8. The van der Waals surface area contributed by atoms with Crippen LogP contribution in [0.2, 0.25) is 0 Å². The lowest BCUT2D eigenvalue weighted by atomic mass is 10.0. The van der Waals surface area contributed by atoms with Gasteiger partial charge in [-0.2, -0.15) is 0 Å². The molecule has 0 saturated carbocycles. The van der Waals surface area contributed by atoms with E-state index in [4.69, 9.17) is 0 Å². The van der Waals surface area contributed by atoms with Gasteiger partial charge >= 0.3 is 0 Å². The summed E-state index contributed by atoms with van der Waals surface area (Å²) in [7, 11) is 0. The first kappa shape index (κ1) is 8.79. The minimum absolute atomic E-state index is 0.486. The molecule has 60 valence electrons. The third kappa shape index (κ3) is 2.09. The molecule has 0 spiro atoms. The van der Waals surface area contributed by atoms with E-state index in [1.807, 2.05) is 0 Å². The molecule has 0 unspecified atom stereocenters. The molecule has 0 aromatic heterocycles. The summed E-state index contributed by atoms with van der Waals surface area (Å²) in [6.07, 6.45) is 0. The Morgan fingerprint density at radius 1 is 1.30 bits per heavy atom. The Morgan fingerprint density at radius 2 is 1.90 bits per heavy atom. The van der Waals surface area contributed by atoms with Crippen LogP contribution in [0.5, 0.6) is 0 Å². The van der Waals surface area contributed by atoms with E-state index >= 15 is 0 Å². The van der Waals surface area contributed by atoms with Crippen LogP contribution in [0.1, 0.15) is 27.7 Å². The van der Waals surface area contributed by atoms with Gasteiger partial charge in [-0.1, -0.05) is 27.7 Å². The van der Waals surface area contributed by atoms with E-state index in [2.05, 4.69) is 51.2 Å². The zero-order valence-corrected chi connectivity index (χ0v) is 8.81. The first-order chi connectivity index (χ1) is 4.50. The monoisotopic (exact) mass is 176 g/mol. The van der Waals surface area contributed by atoms with E-state index in [9.17, 15) is 0 Å². The predicted octanol–water partition coefficient (Wildman–Crippen LogP) is 3.23. The van der Waals surface area contributed by atoms with E-state index in [0.717, 1.165) is 9.83 Å². The molecule has 1 aliphatic rings. The van der Waals surface area contributed by atoms with Crippen LogP contribution in [0.3, 0.4) is 0 Å². The largest absolute Gasteiger partial charge is 0.146 e. The third-order valence-electron chi connectivity index (χ3n) is 1.55. The van der Waals surface area contributed by atoms with Gasteiger partial charge in [-0.25, -0.2) is 0 Å². The van der Waals surface area contributed by atoms with Gasteiger partial charge in [0, 0.05) is 11.0 Å².